The minimum absolute atomic E-state index is 0.530. The molecule has 0 saturated carbocycles. The molecule has 2 aliphatic heterocycles. The van der Waals surface area contributed by atoms with E-state index in [0.717, 1.165) is 45.0 Å². The van der Waals surface area contributed by atoms with Crippen LogP contribution in [-0.2, 0) is 13.0 Å². The van der Waals surface area contributed by atoms with E-state index in [-0.39, 0.29) is 0 Å². The number of rotatable bonds is 2. The molecule has 5 heteroatoms. The lowest BCUT2D eigenvalue weighted by molar-refractivity contribution is 0.123. The van der Waals surface area contributed by atoms with Crippen LogP contribution >= 0.6 is 0 Å². The van der Waals surface area contributed by atoms with Crippen molar-refractivity contribution in [2.75, 3.05) is 39.0 Å². The largest absolute Gasteiger partial charge is 0.382 e. The number of likely N-dealkylation sites (tertiary alicyclic amines) is 1. The van der Waals surface area contributed by atoms with E-state index in [9.17, 15) is 0 Å². The lowest BCUT2D eigenvalue weighted by atomic mass is 10.1. The maximum atomic E-state index is 6.04. The Bertz CT molecular complexity index is 419. The van der Waals surface area contributed by atoms with Crippen LogP contribution in [0.25, 0.3) is 0 Å². The van der Waals surface area contributed by atoms with Gasteiger partial charge >= 0.3 is 0 Å². The minimum Gasteiger partial charge on any atom is -0.382 e. The summed E-state index contributed by atoms with van der Waals surface area (Å²) in [7, 11) is 2.15. The van der Waals surface area contributed by atoms with Gasteiger partial charge in [-0.25, -0.2) is 0 Å². The smallest absolute Gasteiger partial charge is 0.149 e. The Hall–Kier alpha value is -1.07. The van der Waals surface area contributed by atoms with Crippen LogP contribution in [0.4, 0.5) is 5.82 Å². The highest BCUT2D eigenvalue weighted by Crippen LogP contribution is 2.29. The number of hydrogen-bond donors (Lipinski definition) is 1. The molecule has 0 radical (unpaired) electrons. The predicted molar refractivity (Wildman–Crippen MR) is 67.8 cm³/mol. The number of anilines is 1. The third kappa shape index (κ3) is 1.73. The van der Waals surface area contributed by atoms with Crippen LogP contribution in [0.1, 0.15) is 24.2 Å². The fourth-order valence-electron chi connectivity index (χ4n) is 2.92. The fraction of sp³-hybridized carbons (Fsp3) is 0.750. The van der Waals surface area contributed by atoms with Gasteiger partial charge in [-0.3, -0.25) is 9.58 Å². The molecule has 0 aliphatic carbocycles. The number of nitrogens with zero attached hydrogens (tertiary/aromatic N) is 4. The van der Waals surface area contributed by atoms with E-state index in [4.69, 9.17) is 5.73 Å². The molecule has 0 spiro atoms. The zero-order chi connectivity index (χ0) is 12.0. The SMILES string of the molecule is CCN1CCc2c(N)nn(C3CN(C)C3)c2C1. The Morgan fingerprint density at radius 2 is 2.18 bits per heavy atom. The van der Waals surface area contributed by atoms with E-state index >= 15 is 0 Å². The second kappa shape index (κ2) is 3.99. The monoisotopic (exact) mass is 235 g/mol. The molecular weight excluding hydrogens is 214 g/mol. The zero-order valence-corrected chi connectivity index (χ0v) is 10.7. The highest BCUT2D eigenvalue weighted by Gasteiger charge is 2.31. The summed E-state index contributed by atoms with van der Waals surface area (Å²) >= 11 is 0. The van der Waals surface area contributed by atoms with Crippen molar-refractivity contribution in [2.24, 2.45) is 0 Å². The summed E-state index contributed by atoms with van der Waals surface area (Å²) in [5.41, 5.74) is 8.69. The summed E-state index contributed by atoms with van der Waals surface area (Å²) in [6, 6.07) is 0.530. The zero-order valence-electron chi connectivity index (χ0n) is 10.7. The summed E-state index contributed by atoms with van der Waals surface area (Å²) in [5, 5.41) is 4.56. The highest BCUT2D eigenvalue weighted by atomic mass is 15.4. The van der Waals surface area contributed by atoms with Crippen molar-refractivity contribution >= 4 is 5.82 Å². The molecular formula is C12H21N5. The first-order chi connectivity index (χ1) is 8.19. The lowest BCUT2D eigenvalue weighted by Crippen LogP contribution is -2.46. The van der Waals surface area contributed by atoms with Gasteiger partial charge in [-0.1, -0.05) is 6.92 Å². The molecule has 0 bridgehead atoms. The van der Waals surface area contributed by atoms with Crippen LogP contribution in [0.3, 0.4) is 0 Å². The third-order valence-corrected chi connectivity index (χ3v) is 4.04. The molecule has 2 N–H and O–H groups in total. The molecule has 94 valence electrons. The molecule has 0 aromatic carbocycles. The van der Waals surface area contributed by atoms with Gasteiger partial charge in [0, 0.05) is 31.7 Å². The molecule has 1 aromatic heterocycles. The molecule has 3 rings (SSSR count). The molecule has 3 heterocycles. The Balaban J connectivity index is 1.90. The molecule has 1 saturated heterocycles. The Morgan fingerprint density at radius 1 is 1.41 bits per heavy atom. The Labute approximate surface area is 102 Å². The van der Waals surface area contributed by atoms with Gasteiger partial charge in [0.2, 0.25) is 0 Å². The van der Waals surface area contributed by atoms with Crippen molar-refractivity contribution in [1.82, 2.24) is 19.6 Å². The van der Waals surface area contributed by atoms with Crippen molar-refractivity contribution < 1.29 is 0 Å². The Kier molecular flexibility index (Phi) is 2.60. The summed E-state index contributed by atoms with van der Waals surface area (Å²) < 4.78 is 2.19. The second-order valence-corrected chi connectivity index (χ2v) is 5.25. The van der Waals surface area contributed by atoms with Gasteiger partial charge in [-0.2, -0.15) is 5.10 Å². The minimum atomic E-state index is 0.530. The van der Waals surface area contributed by atoms with Gasteiger partial charge < -0.3 is 10.6 Å². The molecule has 0 amide bonds. The topological polar surface area (TPSA) is 50.3 Å². The van der Waals surface area contributed by atoms with Crippen LogP contribution in [0.15, 0.2) is 0 Å². The van der Waals surface area contributed by atoms with Crippen LogP contribution in [-0.4, -0.2) is 52.8 Å². The molecule has 0 atom stereocenters. The number of nitrogens with two attached hydrogens (primary N) is 1. The number of nitrogen functional groups attached to an aromatic ring is 1. The van der Waals surface area contributed by atoms with Crippen molar-refractivity contribution in [2.45, 2.75) is 25.9 Å². The number of aromatic nitrogens is 2. The molecule has 1 fully saturated rings. The third-order valence-electron chi connectivity index (χ3n) is 4.04. The van der Waals surface area contributed by atoms with Crippen molar-refractivity contribution in [3.8, 4) is 0 Å². The average Bonchev–Trinajstić information content (AvgIpc) is 2.62. The van der Waals surface area contributed by atoms with E-state index in [1.165, 1.54) is 11.3 Å². The van der Waals surface area contributed by atoms with E-state index in [2.05, 4.69) is 33.6 Å². The van der Waals surface area contributed by atoms with Crippen molar-refractivity contribution in [3.63, 3.8) is 0 Å². The van der Waals surface area contributed by atoms with Crippen LogP contribution in [0.2, 0.25) is 0 Å². The van der Waals surface area contributed by atoms with Gasteiger partial charge in [0.05, 0.1) is 11.7 Å². The van der Waals surface area contributed by atoms with Crippen LogP contribution in [0, 0.1) is 0 Å². The standard InChI is InChI=1S/C12H21N5/c1-3-16-5-4-10-11(8-16)17(14-12(10)13)9-6-15(2)7-9/h9H,3-8H2,1-2H3,(H2,13,14). The summed E-state index contributed by atoms with van der Waals surface area (Å²) in [5.74, 6) is 0.755. The fourth-order valence-corrected chi connectivity index (χ4v) is 2.92. The maximum Gasteiger partial charge on any atom is 0.149 e. The average molecular weight is 235 g/mol. The van der Waals surface area contributed by atoms with E-state index in [1.807, 2.05) is 0 Å². The van der Waals surface area contributed by atoms with E-state index < -0.39 is 0 Å². The first kappa shape index (κ1) is 11.0. The van der Waals surface area contributed by atoms with Crippen LogP contribution in [0.5, 0.6) is 0 Å². The first-order valence-corrected chi connectivity index (χ1v) is 6.45. The number of fused-ring (bicyclic) bond motifs is 1. The van der Waals surface area contributed by atoms with Gasteiger partial charge in [-0.15, -0.1) is 0 Å². The van der Waals surface area contributed by atoms with E-state index in [0.29, 0.717) is 6.04 Å². The first-order valence-electron chi connectivity index (χ1n) is 6.45. The summed E-state index contributed by atoms with van der Waals surface area (Å²) in [6.45, 7) is 7.64. The molecule has 0 unspecified atom stereocenters. The van der Waals surface area contributed by atoms with Crippen molar-refractivity contribution in [3.05, 3.63) is 11.3 Å². The summed E-state index contributed by atoms with van der Waals surface area (Å²) in [4.78, 5) is 4.78. The molecule has 5 nitrogen and oxygen atoms in total. The van der Waals surface area contributed by atoms with Gasteiger partial charge in [0.25, 0.3) is 0 Å². The number of likely N-dealkylation sites (N-methyl/N-ethyl adjacent to an activating group) is 2. The van der Waals surface area contributed by atoms with Crippen LogP contribution < -0.4 is 5.73 Å². The normalized spacial score (nSPS) is 22.5. The number of hydrogen-bond acceptors (Lipinski definition) is 4. The predicted octanol–water partition coefficient (Wildman–Crippen LogP) is 0.330. The Morgan fingerprint density at radius 3 is 2.82 bits per heavy atom. The maximum absolute atomic E-state index is 6.04. The second-order valence-electron chi connectivity index (χ2n) is 5.25. The quantitative estimate of drug-likeness (QED) is 0.802. The molecule has 2 aliphatic rings. The van der Waals surface area contributed by atoms with Gasteiger partial charge in [0.15, 0.2) is 0 Å². The molecule has 17 heavy (non-hydrogen) atoms. The molecule has 1 aromatic rings. The van der Waals surface area contributed by atoms with Crippen molar-refractivity contribution in [1.29, 1.82) is 0 Å². The van der Waals surface area contributed by atoms with Gasteiger partial charge in [-0.05, 0) is 20.0 Å². The summed E-state index contributed by atoms with van der Waals surface area (Å²) in [6.07, 6.45) is 1.05. The highest BCUT2D eigenvalue weighted by molar-refractivity contribution is 5.44. The lowest BCUT2D eigenvalue weighted by Gasteiger charge is -2.38. The van der Waals surface area contributed by atoms with Gasteiger partial charge in [0.1, 0.15) is 5.82 Å². The van der Waals surface area contributed by atoms with E-state index in [1.54, 1.807) is 0 Å².